The van der Waals surface area contributed by atoms with Crippen LogP contribution in [0.25, 0.3) is 10.9 Å². The van der Waals surface area contributed by atoms with Crippen LogP contribution in [-0.4, -0.2) is 26.6 Å². The summed E-state index contributed by atoms with van der Waals surface area (Å²) in [6.07, 6.45) is 4.81. The van der Waals surface area contributed by atoms with E-state index < -0.39 is 5.91 Å². The van der Waals surface area contributed by atoms with Crippen LogP contribution in [0.5, 0.6) is 0 Å². The molecule has 0 aliphatic carbocycles. The number of nitrogens with zero attached hydrogens (tertiary/aromatic N) is 2. The number of hydrogen-bond acceptors (Lipinski definition) is 3. The number of rotatable bonds is 4. The molecule has 1 aromatic carbocycles. The lowest BCUT2D eigenvalue weighted by Crippen LogP contribution is -2.18. The first-order valence-electron chi connectivity index (χ1n) is 6.32. The molecule has 3 aromatic rings. The molecule has 0 bridgehead atoms. The summed E-state index contributed by atoms with van der Waals surface area (Å²) in [5, 5.41) is 7.54. The predicted octanol–water partition coefficient (Wildman–Crippen LogP) is 1.10. The van der Waals surface area contributed by atoms with Gasteiger partial charge in [0.15, 0.2) is 0 Å². The molecule has 4 N–H and O–H groups in total. The molecule has 0 fully saturated rings. The summed E-state index contributed by atoms with van der Waals surface area (Å²) in [7, 11) is 0. The van der Waals surface area contributed by atoms with Crippen LogP contribution in [0.1, 0.15) is 10.4 Å². The number of amides is 2. The number of aromatic amines is 1. The molecule has 7 nitrogen and oxygen atoms in total. The van der Waals surface area contributed by atoms with Crippen LogP contribution >= 0.6 is 0 Å². The van der Waals surface area contributed by atoms with Gasteiger partial charge in [0, 0.05) is 28.9 Å². The van der Waals surface area contributed by atoms with E-state index in [1.165, 1.54) is 10.9 Å². The molecule has 0 unspecified atom stereocenters. The summed E-state index contributed by atoms with van der Waals surface area (Å²) < 4.78 is 1.37. The molecule has 0 atom stereocenters. The summed E-state index contributed by atoms with van der Waals surface area (Å²) in [5.41, 5.74) is 7.06. The molecule has 7 heteroatoms. The maximum Gasteiger partial charge on any atom is 0.256 e. The Morgan fingerprint density at radius 3 is 3.00 bits per heavy atom. The first kappa shape index (κ1) is 12.9. The van der Waals surface area contributed by atoms with Crippen molar-refractivity contribution in [3.8, 4) is 0 Å². The van der Waals surface area contributed by atoms with E-state index >= 15 is 0 Å². The van der Waals surface area contributed by atoms with Crippen molar-refractivity contribution in [3.63, 3.8) is 0 Å². The van der Waals surface area contributed by atoms with E-state index in [9.17, 15) is 9.59 Å². The fourth-order valence-electron chi connectivity index (χ4n) is 2.16. The highest BCUT2D eigenvalue weighted by Gasteiger charge is 2.11. The number of aromatic nitrogens is 3. The molecule has 106 valence electrons. The summed E-state index contributed by atoms with van der Waals surface area (Å²) in [6.45, 7) is -0.0245. The first-order valence-corrected chi connectivity index (χ1v) is 6.32. The Bertz CT molecular complexity index is 818. The number of nitrogens with one attached hydrogen (secondary N) is 2. The van der Waals surface area contributed by atoms with Crippen molar-refractivity contribution in [3.05, 3.63) is 48.4 Å². The Labute approximate surface area is 119 Å². The molecular weight excluding hydrogens is 270 g/mol. The maximum atomic E-state index is 12.3. The highest BCUT2D eigenvalue weighted by molar-refractivity contribution is 6.12. The van der Waals surface area contributed by atoms with Gasteiger partial charge in [-0.15, -0.1) is 0 Å². The van der Waals surface area contributed by atoms with Crippen LogP contribution in [0.4, 0.5) is 5.69 Å². The van der Waals surface area contributed by atoms with Gasteiger partial charge < -0.3 is 16.0 Å². The molecular formula is C14H13N5O2. The maximum absolute atomic E-state index is 12.3. The third kappa shape index (κ3) is 2.62. The van der Waals surface area contributed by atoms with E-state index in [1.807, 2.05) is 18.2 Å². The summed E-state index contributed by atoms with van der Waals surface area (Å²) in [5.74, 6) is -0.730. The van der Waals surface area contributed by atoms with Crippen LogP contribution in [-0.2, 0) is 11.3 Å². The van der Waals surface area contributed by atoms with Gasteiger partial charge in [-0.05, 0) is 18.2 Å². The van der Waals surface area contributed by atoms with Crippen LogP contribution in [0, 0.1) is 0 Å². The predicted molar refractivity (Wildman–Crippen MR) is 77.7 cm³/mol. The van der Waals surface area contributed by atoms with Gasteiger partial charge in [0.25, 0.3) is 5.91 Å². The van der Waals surface area contributed by atoms with Crippen LogP contribution < -0.4 is 11.1 Å². The van der Waals surface area contributed by atoms with Gasteiger partial charge in [0.1, 0.15) is 6.54 Å². The SMILES string of the molecule is NC(=O)Cn1cc(NC(=O)c2cccc3[nH]ccc23)cn1. The van der Waals surface area contributed by atoms with Gasteiger partial charge in [0.05, 0.1) is 11.9 Å². The molecule has 2 aromatic heterocycles. The second-order valence-electron chi connectivity index (χ2n) is 4.59. The summed E-state index contributed by atoms with van der Waals surface area (Å²) in [6, 6.07) is 7.31. The zero-order valence-electron chi connectivity index (χ0n) is 11.0. The van der Waals surface area contributed by atoms with E-state index in [2.05, 4.69) is 15.4 Å². The van der Waals surface area contributed by atoms with Crippen LogP contribution in [0.3, 0.4) is 0 Å². The lowest BCUT2D eigenvalue weighted by molar-refractivity contribution is -0.118. The molecule has 0 aliphatic rings. The number of nitrogens with two attached hydrogens (primary N) is 1. The van der Waals surface area contributed by atoms with Gasteiger partial charge in [-0.25, -0.2) is 0 Å². The smallest absolute Gasteiger partial charge is 0.256 e. The molecule has 0 spiro atoms. The molecule has 2 amide bonds. The van der Waals surface area contributed by atoms with Gasteiger partial charge in [-0.3, -0.25) is 14.3 Å². The van der Waals surface area contributed by atoms with Crippen molar-refractivity contribution in [2.45, 2.75) is 6.54 Å². The average Bonchev–Trinajstić information content (AvgIpc) is 3.06. The minimum atomic E-state index is -0.493. The number of H-pyrrole nitrogens is 1. The molecule has 0 saturated heterocycles. The van der Waals surface area contributed by atoms with E-state index in [4.69, 9.17) is 5.73 Å². The first-order chi connectivity index (χ1) is 10.1. The number of carbonyl (C=O) groups excluding carboxylic acids is 2. The Morgan fingerprint density at radius 1 is 1.33 bits per heavy atom. The fraction of sp³-hybridized carbons (Fsp3) is 0.0714. The molecule has 3 rings (SSSR count). The second kappa shape index (κ2) is 5.12. The number of fused-ring (bicyclic) bond motifs is 1. The molecule has 21 heavy (non-hydrogen) atoms. The van der Waals surface area contributed by atoms with Crippen LogP contribution in [0.2, 0.25) is 0 Å². The van der Waals surface area contributed by atoms with Crippen molar-refractivity contribution >= 4 is 28.4 Å². The molecule has 2 heterocycles. The van der Waals surface area contributed by atoms with Crippen molar-refractivity contribution in [2.24, 2.45) is 5.73 Å². The average molecular weight is 283 g/mol. The van der Waals surface area contributed by atoms with Gasteiger partial charge in [-0.2, -0.15) is 5.10 Å². The number of anilines is 1. The van der Waals surface area contributed by atoms with Crippen molar-refractivity contribution in [1.82, 2.24) is 14.8 Å². The van der Waals surface area contributed by atoms with E-state index in [0.717, 1.165) is 10.9 Å². The van der Waals surface area contributed by atoms with Crippen LogP contribution in [0.15, 0.2) is 42.9 Å². The molecule has 0 saturated carbocycles. The van der Waals surface area contributed by atoms with E-state index in [-0.39, 0.29) is 12.5 Å². The Morgan fingerprint density at radius 2 is 2.19 bits per heavy atom. The highest BCUT2D eigenvalue weighted by Crippen LogP contribution is 2.18. The zero-order chi connectivity index (χ0) is 14.8. The Kier molecular flexibility index (Phi) is 3.15. The lowest BCUT2D eigenvalue weighted by Gasteiger charge is -2.04. The number of benzene rings is 1. The normalized spacial score (nSPS) is 10.7. The zero-order valence-corrected chi connectivity index (χ0v) is 11.0. The Balaban J connectivity index is 1.81. The van der Waals surface area contributed by atoms with Crippen molar-refractivity contribution in [2.75, 3.05) is 5.32 Å². The van der Waals surface area contributed by atoms with Gasteiger partial charge >= 0.3 is 0 Å². The Hall–Kier alpha value is -3.09. The number of hydrogen-bond donors (Lipinski definition) is 3. The minimum absolute atomic E-state index is 0.0245. The van der Waals surface area contributed by atoms with Gasteiger partial charge in [-0.1, -0.05) is 6.07 Å². The lowest BCUT2D eigenvalue weighted by atomic mass is 10.1. The monoisotopic (exact) mass is 283 g/mol. The van der Waals surface area contributed by atoms with E-state index in [1.54, 1.807) is 18.5 Å². The van der Waals surface area contributed by atoms with Crippen molar-refractivity contribution in [1.29, 1.82) is 0 Å². The standard InChI is InChI=1S/C14H13N5O2/c15-13(20)8-19-7-9(6-17-19)18-14(21)11-2-1-3-12-10(11)4-5-16-12/h1-7,16H,8H2,(H2,15,20)(H,18,21). The third-order valence-corrected chi connectivity index (χ3v) is 3.05. The topological polar surface area (TPSA) is 106 Å². The minimum Gasteiger partial charge on any atom is -0.368 e. The molecule has 0 radical (unpaired) electrons. The largest absolute Gasteiger partial charge is 0.368 e. The van der Waals surface area contributed by atoms with Gasteiger partial charge in [0.2, 0.25) is 5.91 Å². The highest BCUT2D eigenvalue weighted by atomic mass is 16.2. The molecule has 0 aliphatic heterocycles. The quantitative estimate of drug-likeness (QED) is 0.667. The number of carbonyl (C=O) groups is 2. The third-order valence-electron chi connectivity index (χ3n) is 3.05. The van der Waals surface area contributed by atoms with E-state index in [0.29, 0.717) is 11.3 Å². The number of primary amides is 1. The second-order valence-corrected chi connectivity index (χ2v) is 4.59. The summed E-state index contributed by atoms with van der Waals surface area (Å²) >= 11 is 0. The fourth-order valence-corrected chi connectivity index (χ4v) is 2.16. The summed E-state index contributed by atoms with van der Waals surface area (Å²) in [4.78, 5) is 26.2. The van der Waals surface area contributed by atoms with Crippen molar-refractivity contribution < 1.29 is 9.59 Å².